The molecule has 3 rings (SSSR count). The van der Waals surface area contributed by atoms with Gasteiger partial charge in [0.1, 0.15) is 17.3 Å². The maximum absolute atomic E-state index is 13.2. The normalized spacial score (nSPS) is 10.9. The Morgan fingerprint density at radius 1 is 1.20 bits per heavy atom. The summed E-state index contributed by atoms with van der Waals surface area (Å²) in [7, 11) is 0. The molecule has 0 bridgehead atoms. The van der Waals surface area contributed by atoms with E-state index in [1.165, 1.54) is 12.1 Å². The second-order valence-electron chi connectivity index (χ2n) is 4.48. The molecule has 5 heteroatoms. The molecule has 0 saturated heterocycles. The van der Waals surface area contributed by atoms with E-state index in [4.69, 9.17) is 0 Å². The third-order valence-electron chi connectivity index (χ3n) is 3.07. The molecule has 0 aliphatic carbocycles. The molecule has 3 aromatic rings. The second-order valence-corrected chi connectivity index (χ2v) is 4.48. The number of aromatic nitrogens is 2. The molecule has 0 atom stereocenters. The van der Waals surface area contributed by atoms with Crippen LogP contribution in [0.1, 0.15) is 15.9 Å². The summed E-state index contributed by atoms with van der Waals surface area (Å²) in [4.78, 5) is 15.2. The molecule has 0 aliphatic heterocycles. The molecule has 0 amide bonds. The first-order chi connectivity index (χ1) is 9.67. The zero-order valence-corrected chi connectivity index (χ0v) is 10.4. The van der Waals surface area contributed by atoms with Gasteiger partial charge in [0.05, 0.1) is 0 Å². The van der Waals surface area contributed by atoms with E-state index in [1.54, 1.807) is 29.1 Å². The number of pyridine rings is 1. The van der Waals surface area contributed by atoms with Crippen LogP contribution in [0.2, 0.25) is 0 Å². The molecule has 1 aromatic carbocycles. The fourth-order valence-electron chi connectivity index (χ4n) is 2.26. The monoisotopic (exact) mass is 272 g/mol. The average molecular weight is 272 g/mol. The molecular weight excluding hydrogens is 262 g/mol. The lowest BCUT2D eigenvalue weighted by molar-refractivity contribution is 0.112. The van der Waals surface area contributed by atoms with Crippen LogP contribution >= 0.6 is 0 Å². The van der Waals surface area contributed by atoms with E-state index in [0.29, 0.717) is 16.8 Å². The number of halogens is 2. The zero-order valence-electron chi connectivity index (χ0n) is 10.4. The van der Waals surface area contributed by atoms with Crippen molar-refractivity contribution in [2.45, 2.75) is 6.54 Å². The molecule has 100 valence electrons. The summed E-state index contributed by atoms with van der Waals surface area (Å²) in [6.45, 7) is 0.246. The Kier molecular flexibility index (Phi) is 3.02. The lowest BCUT2D eigenvalue weighted by atomic mass is 10.2. The average Bonchev–Trinajstić information content (AvgIpc) is 2.76. The lowest BCUT2D eigenvalue weighted by Crippen LogP contribution is -2.00. The Morgan fingerprint density at radius 3 is 2.65 bits per heavy atom. The SMILES string of the molecule is O=Cc1cn(Cc2cc(F)cc(F)c2)c2ncccc12. The number of aldehydes is 1. The number of hydrogen-bond acceptors (Lipinski definition) is 2. The first kappa shape index (κ1) is 12.5. The highest BCUT2D eigenvalue weighted by molar-refractivity contribution is 5.95. The summed E-state index contributed by atoms with van der Waals surface area (Å²) in [5, 5.41) is 0.722. The van der Waals surface area contributed by atoms with Gasteiger partial charge >= 0.3 is 0 Å². The number of carbonyl (C=O) groups excluding carboxylic acids is 1. The standard InChI is InChI=1S/C15H10F2N2O/c16-12-4-10(5-13(17)6-12)7-19-8-11(9-20)14-2-1-3-18-15(14)19/h1-6,8-9H,7H2. The van der Waals surface area contributed by atoms with Gasteiger partial charge in [-0.25, -0.2) is 13.8 Å². The molecule has 20 heavy (non-hydrogen) atoms. The number of rotatable bonds is 3. The van der Waals surface area contributed by atoms with Gasteiger partial charge in [-0.05, 0) is 29.8 Å². The Hall–Kier alpha value is -2.56. The van der Waals surface area contributed by atoms with E-state index in [0.717, 1.165) is 17.7 Å². The highest BCUT2D eigenvalue weighted by Crippen LogP contribution is 2.19. The van der Waals surface area contributed by atoms with Crippen LogP contribution in [-0.4, -0.2) is 15.8 Å². The fraction of sp³-hybridized carbons (Fsp3) is 0.0667. The largest absolute Gasteiger partial charge is 0.327 e. The van der Waals surface area contributed by atoms with E-state index in [2.05, 4.69) is 4.98 Å². The van der Waals surface area contributed by atoms with Crippen molar-refractivity contribution < 1.29 is 13.6 Å². The first-order valence-corrected chi connectivity index (χ1v) is 6.01. The third kappa shape index (κ3) is 2.18. The van der Waals surface area contributed by atoms with Gasteiger partial charge in [-0.15, -0.1) is 0 Å². The highest BCUT2D eigenvalue weighted by Gasteiger charge is 2.09. The molecule has 0 radical (unpaired) electrons. The Morgan fingerprint density at radius 2 is 1.95 bits per heavy atom. The Bertz CT molecular complexity index is 775. The van der Waals surface area contributed by atoms with Crippen molar-refractivity contribution in [3.8, 4) is 0 Å². The molecule has 0 fully saturated rings. The van der Waals surface area contributed by atoms with Crippen LogP contribution in [0.15, 0.2) is 42.7 Å². The molecule has 0 unspecified atom stereocenters. The van der Waals surface area contributed by atoms with Crippen molar-refractivity contribution in [2.24, 2.45) is 0 Å². The number of hydrogen-bond donors (Lipinski definition) is 0. The molecule has 2 aromatic heterocycles. The molecule has 2 heterocycles. The quantitative estimate of drug-likeness (QED) is 0.686. The smallest absolute Gasteiger partial charge is 0.152 e. The van der Waals surface area contributed by atoms with Gasteiger partial charge in [0.2, 0.25) is 0 Å². The second kappa shape index (κ2) is 4.85. The zero-order chi connectivity index (χ0) is 14.1. The summed E-state index contributed by atoms with van der Waals surface area (Å²) in [6.07, 6.45) is 3.99. The van der Waals surface area contributed by atoms with Crippen molar-refractivity contribution >= 4 is 17.3 Å². The van der Waals surface area contributed by atoms with Crippen molar-refractivity contribution in [1.82, 2.24) is 9.55 Å². The van der Waals surface area contributed by atoms with E-state index >= 15 is 0 Å². The Labute approximate surface area is 113 Å². The lowest BCUT2D eigenvalue weighted by Gasteiger charge is -2.05. The predicted octanol–water partition coefficient (Wildman–Crippen LogP) is 3.18. The van der Waals surface area contributed by atoms with Crippen LogP contribution in [0.25, 0.3) is 11.0 Å². The first-order valence-electron chi connectivity index (χ1n) is 6.01. The number of carbonyl (C=O) groups is 1. The minimum atomic E-state index is -0.625. The predicted molar refractivity (Wildman–Crippen MR) is 70.6 cm³/mol. The minimum Gasteiger partial charge on any atom is -0.327 e. The van der Waals surface area contributed by atoms with Crippen LogP contribution in [0.5, 0.6) is 0 Å². The molecule has 3 nitrogen and oxygen atoms in total. The van der Waals surface area contributed by atoms with E-state index < -0.39 is 11.6 Å². The van der Waals surface area contributed by atoms with Crippen molar-refractivity contribution in [3.63, 3.8) is 0 Å². The Balaban J connectivity index is 2.08. The van der Waals surface area contributed by atoms with E-state index in [-0.39, 0.29) is 6.54 Å². The van der Waals surface area contributed by atoms with Gasteiger partial charge in [-0.1, -0.05) is 0 Å². The van der Waals surface area contributed by atoms with Gasteiger partial charge < -0.3 is 4.57 Å². The van der Waals surface area contributed by atoms with Crippen LogP contribution in [-0.2, 0) is 6.54 Å². The van der Waals surface area contributed by atoms with Crippen LogP contribution in [0, 0.1) is 11.6 Å². The topological polar surface area (TPSA) is 34.9 Å². The van der Waals surface area contributed by atoms with Crippen LogP contribution in [0.3, 0.4) is 0 Å². The van der Waals surface area contributed by atoms with Gasteiger partial charge in [0.15, 0.2) is 6.29 Å². The number of nitrogens with zero attached hydrogens (tertiary/aromatic N) is 2. The van der Waals surface area contributed by atoms with E-state index in [9.17, 15) is 13.6 Å². The minimum absolute atomic E-state index is 0.246. The molecule has 0 spiro atoms. The van der Waals surface area contributed by atoms with Gasteiger partial charge in [-0.3, -0.25) is 4.79 Å². The molecule has 0 N–H and O–H groups in total. The van der Waals surface area contributed by atoms with Gasteiger partial charge in [-0.2, -0.15) is 0 Å². The fourth-order valence-corrected chi connectivity index (χ4v) is 2.26. The maximum atomic E-state index is 13.2. The van der Waals surface area contributed by atoms with Crippen molar-refractivity contribution in [2.75, 3.05) is 0 Å². The maximum Gasteiger partial charge on any atom is 0.152 e. The number of fused-ring (bicyclic) bond motifs is 1. The summed E-state index contributed by atoms with van der Waals surface area (Å²) in [6, 6.07) is 6.87. The summed E-state index contributed by atoms with van der Waals surface area (Å²) < 4.78 is 28.1. The summed E-state index contributed by atoms with van der Waals surface area (Å²) in [5.41, 5.74) is 1.59. The van der Waals surface area contributed by atoms with Crippen LogP contribution in [0.4, 0.5) is 8.78 Å². The van der Waals surface area contributed by atoms with Gasteiger partial charge in [0, 0.05) is 36.0 Å². The van der Waals surface area contributed by atoms with E-state index in [1.807, 2.05) is 0 Å². The number of benzene rings is 1. The van der Waals surface area contributed by atoms with Crippen molar-refractivity contribution in [1.29, 1.82) is 0 Å². The van der Waals surface area contributed by atoms with Crippen LogP contribution < -0.4 is 0 Å². The van der Waals surface area contributed by atoms with Crippen molar-refractivity contribution in [3.05, 3.63) is 65.5 Å². The highest BCUT2D eigenvalue weighted by atomic mass is 19.1. The summed E-state index contributed by atoms with van der Waals surface area (Å²) in [5.74, 6) is -1.25. The third-order valence-corrected chi connectivity index (χ3v) is 3.07. The summed E-state index contributed by atoms with van der Waals surface area (Å²) >= 11 is 0. The molecule has 0 saturated carbocycles. The molecular formula is C15H10F2N2O. The van der Waals surface area contributed by atoms with Gasteiger partial charge in [0.25, 0.3) is 0 Å². The molecule has 0 aliphatic rings.